The van der Waals surface area contributed by atoms with Gasteiger partial charge in [0.1, 0.15) is 5.69 Å². The first kappa shape index (κ1) is 18.2. The lowest BCUT2D eigenvalue weighted by molar-refractivity contribution is 0.447. The molecule has 1 N–H and O–H groups in total. The average molecular weight is 369 g/mol. The van der Waals surface area contributed by atoms with Gasteiger partial charge in [-0.1, -0.05) is 67.9 Å². The summed E-state index contributed by atoms with van der Waals surface area (Å²) in [6.45, 7) is 6.04. The van der Waals surface area contributed by atoms with Gasteiger partial charge in [0.25, 0.3) is 5.56 Å². The molecule has 0 saturated heterocycles. The van der Waals surface area contributed by atoms with Crippen LogP contribution in [0.15, 0.2) is 53.3 Å². The highest BCUT2D eigenvalue weighted by molar-refractivity contribution is 6.31. The van der Waals surface area contributed by atoms with E-state index in [1.54, 1.807) is 6.07 Å². The van der Waals surface area contributed by atoms with Gasteiger partial charge in [0, 0.05) is 10.9 Å². The van der Waals surface area contributed by atoms with Crippen LogP contribution in [0, 0.1) is 6.92 Å². The first-order valence-corrected chi connectivity index (χ1v) is 8.91. The summed E-state index contributed by atoms with van der Waals surface area (Å²) in [5.74, 6) is -0.0782. The predicted molar refractivity (Wildman–Crippen MR) is 105 cm³/mol. The molecular weight excluding hydrogens is 348 g/mol. The molecule has 4 nitrogen and oxygen atoms in total. The first-order chi connectivity index (χ1) is 12.4. The van der Waals surface area contributed by atoms with Gasteiger partial charge in [0.2, 0.25) is 0 Å². The molecule has 3 aromatic rings. The minimum Gasteiger partial charge on any atom is -0.505 e. The number of aryl methyl sites for hydroxylation is 1. The van der Waals surface area contributed by atoms with Gasteiger partial charge in [0.05, 0.1) is 12.1 Å². The summed E-state index contributed by atoms with van der Waals surface area (Å²) >= 11 is 6.25. The van der Waals surface area contributed by atoms with Crippen LogP contribution in [0.4, 0.5) is 0 Å². The molecule has 1 aromatic heterocycles. The van der Waals surface area contributed by atoms with Gasteiger partial charge in [-0.25, -0.2) is 4.68 Å². The average Bonchev–Trinajstić information content (AvgIpc) is 2.60. The van der Waals surface area contributed by atoms with E-state index in [1.807, 2.05) is 63.2 Å². The number of nitrogens with zero attached hydrogens (tertiary/aromatic N) is 2. The van der Waals surface area contributed by atoms with E-state index >= 15 is 0 Å². The van der Waals surface area contributed by atoms with Gasteiger partial charge in [-0.05, 0) is 29.7 Å². The fraction of sp³-hybridized carbons (Fsp3) is 0.238. The number of benzene rings is 2. The summed E-state index contributed by atoms with van der Waals surface area (Å²) in [6.07, 6.45) is 0. The molecule has 0 atom stereocenters. The molecule has 0 spiro atoms. The Kier molecular flexibility index (Phi) is 5.14. The number of hydrogen-bond donors (Lipinski definition) is 1. The normalized spacial score (nSPS) is 11.1. The van der Waals surface area contributed by atoms with Crippen molar-refractivity contribution in [3.8, 4) is 16.9 Å². The molecule has 5 heteroatoms. The van der Waals surface area contributed by atoms with Crippen molar-refractivity contribution in [3.63, 3.8) is 0 Å². The van der Waals surface area contributed by atoms with Gasteiger partial charge in [0.15, 0.2) is 5.75 Å². The van der Waals surface area contributed by atoms with E-state index in [2.05, 4.69) is 5.10 Å². The second-order valence-electron chi connectivity index (χ2n) is 6.63. The summed E-state index contributed by atoms with van der Waals surface area (Å²) in [4.78, 5) is 13.1. The fourth-order valence-electron chi connectivity index (χ4n) is 2.96. The Morgan fingerprint density at radius 2 is 1.77 bits per heavy atom. The molecule has 26 heavy (non-hydrogen) atoms. The SMILES string of the molecule is Cc1ccccc1-c1c(O)c(C(C)C)nn(Cc2ccccc2Cl)c1=O. The van der Waals surface area contributed by atoms with Gasteiger partial charge >= 0.3 is 0 Å². The van der Waals surface area contributed by atoms with Crippen molar-refractivity contribution in [3.05, 3.63) is 80.7 Å². The van der Waals surface area contributed by atoms with E-state index in [0.29, 0.717) is 16.3 Å². The highest BCUT2D eigenvalue weighted by Crippen LogP contribution is 2.33. The molecule has 0 unspecified atom stereocenters. The maximum atomic E-state index is 13.1. The maximum Gasteiger partial charge on any atom is 0.278 e. The minimum atomic E-state index is -0.332. The van der Waals surface area contributed by atoms with E-state index in [9.17, 15) is 9.90 Å². The molecule has 0 bridgehead atoms. The van der Waals surface area contributed by atoms with Crippen LogP contribution in [0.25, 0.3) is 11.1 Å². The Bertz CT molecular complexity index is 1010. The topological polar surface area (TPSA) is 55.1 Å². The highest BCUT2D eigenvalue weighted by Gasteiger charge is 2.21. The Morgan fingerprint density at radius 3 is 2.42 bits per heavy atom. The second kappa shape index (κ2) is 7.34. The highest BCUT2D eigenvalue weighted by atomic mass is 35.5. The lowest BCUT2D eigenvalue weighted by Gasteiger charge is -2.16. The van der Waals surface area contributed by atoms with Crippen molar-refractivity contribution in [1.29, 1.82) is 0 Å². The molecule has 134 valence electrons. The fourth-order valence-corrected chi connectivity index (χ4v) is 3.16. The van der Waals surface area contributed by atoms with Crippen LogP contribution in [-0.4, -0.2) is 14.9 Å². The molecule has 3 rings (SSSR count). The zero-order valence-electron chi connectivity index (χ0n) is 15.0. The van der Waals surface area contributed by atoms with Gasteiger partial charge in [-0.2, -0.15) is 5.10 Å². The molecule has 0 aliphatic heterocycles. The zero-order valence-corrected chi connectivity index (χ0v) is 15.8. The van der Waals surface area contributed by atoms with Crippen LogP contribution in [0.3, 0.4) is 0 Å². The van der Waals surface area contributed by atoms with Crippen molar-refractivity contribution in [1.82, 2.24) is 9.78 Å². The van der Waals surface area contributed by atoms with Crippen LogP contribution in [0.2, 0.25) is 5.02 Å². The van der Waals surface area contributed by atoms with E-state index in [0.717, 1.165) is 11.1 Å². The summed E-state index contributed by atoms with van der Waals surface area (Å²) in [7, 11) is 0. The predicted octanol–water partition coefficient (Wildman–Crippen LogP) is 4.75. The first-order valence-electron chi connectivity index (χ1n) is 8.53. The number of rotatable bonds is 4. The Morgan fingerprint density at radius 1 is 1.12 bits per heavy atom. The molecule has 0 amide bonds. The van der Waals surface area contributed by atoms with Gasteiger partial charge < -0.3 is 5.11 Å². The lowest BCUT2D eigenvalue weighted by Crippen LogP contribution is -2.27. The second-order valence-corrected chi connectivity index (χ2v) is 7.04. The van der Waals surface area contributed by atoms with Crippen LogP contribution < -0.4 is 5.56 Å². The van der Waals surface area contributed by atoms with Gasteiger partial charge in [-0.15, -0.1) is 0 Å². The quantitative estimate of drug-likeness (QED) is 0.723. The van der Waals surface area contributed by atoms with Crippen molar-refractivity contribution in [2.75, 3.05) is 0 Å². The number of hydrogen-bond acceptors (Lipinski definition) is 3. The van der Waals surface area contributed by atoms with Crippen LogP contribution in [-0.2, 0) is 6.54 Å². The van der Waals surface area contributed by atoms with Crippen molar-refractivity contribution < 1.29 is 5.11 Å². The van der Waals surface area contributed by atoms with E-state index in [1.165, 1.54) is 4.68 Å². The van der Waals surface area contributed by atoms with Crippen molar-refractivity contribution in [2.24, 2.45) is 0 Å². The Labute approximate surface area is 157 Å². The summed E-state index contributed by atoms with van der Waals surface area (Å²) in [6, 6.07) is 14.9. The minimum absolute atomic E-state index is 0.0316. The number of halogens is 1. The van der Waals surface area contributed by atoms with Crippen molar-refractivity contribution in [2.45, 2.75) is 33.2 Å². The van der Waals surface area contributed by atoms with Crippen LogP contribution >= 0.6 is 11.6 Å². The monoisotopic (exact) mass is 368 g/mol. The zero-order chi connectivity index (χ0) is 18.8. The third-order valence-corrected chi connectivity index (χ3v) is 4.76. The van der Waals surface area contributed by atoms with E-state index < -0.39 is 0 Å². The third kappa shape index (κ3) is 3.37. The largest absolute Gasteiger partial charge is 0.505 e. The van der Waals surface area contributed by atoms with Gasteiger partial charge in [-0.3, -0.25) is 4.79 Å². The summed E-state index contributed by atoms with van der Waals surface area (Å²) in [5, 5.41) is 15.8. The molecule has 0 aliphatic rings. The lowest BCUT2D eigenvalue weighted by atomic mass is 9.98. The smallest absolute Gasteiger partial charge is 0.278 e. The Hall–Kier alpha value is -2.59. The third-order valence-electron chi connectivity index (χ3n) is 4.40. The van der Waals surface area contributed by atoms with Crippen LogP contribution in [0.1, 0.15) is 36.6 Å². The van der Waals surface area contributed by atoms with Crippen LogP contribution in [0.5, 0.6) is 5.75 Å². The maximum absolute atomic E-state index is 13.1. The van der Waals surface area contributed by atoms with Crippen molar-refractivity contribution >= 4 is 11.6 Å². The molecule has 0 fully saturated rings. The summed E-state index contributed by atoms with van der Waals surface area (Å²) in [5.41, 5.74) is 2.89. The van der Waals surface area contributed by atoms with E-state index in [4.69, 9.17) is 11.6 Å². The number of aromatic nitrogens is 2. The molecular formula is C21H21ClN2O2. The molecule has 1 heterocycles. The molecule has 0 radical (unpaired) electrons. The standard InChI is InChI=1S/C21H21ClN2O2/c1-13(2)19-20(25)18(16-10-6-4-8-14(16)3)21(26)24(23-19)12-15-9-5-7-11-17(15)22/h4-11,13,25H,12H2,1-3H3. The Balaban J connectivity index is 2.25. The molecule has 0 saturated carbocycles. The number of aromatic hydroxyl groups is 1. The molecule has 0 aliphatic carbocycles. The summed E-state index contributed by atoms with van der Waals surface area (Å²) < 4.78 is 1.39. The molecule has 2 aromatic carbocycles. The van der Waals surface area contributed by atoms with E-state index in [-0.39, 0.29) is 29.3 Å².